The highest BCUT2D eigenvalue weighted by molar-refractivity contribution is 5.88. The number of hydrogen-bond acceptors (Lipinski definition) is 5. The van der Waals surface area contributed by atoms with Crippen LogP contribution in [-0.2, 0) is 16.0 Å². The molecule has 0 spiro atoms. The van der Waals surface area contributed by atoms with Gasteiger partial charge in [-0.1, -0.05) is 38.1 Å². The zero-order chi connectivity index (χ0) is 28.5. The topological polar surface area (TPSA) is 71.9 Å². The van der Waals surface area contributed by atoms with E-state index in [0.717, 1.165) is 46.9 Å². The van der Waals surface area contributed by atoms with Crippen LogP contribution in [0, 0.1) is 25.1 Å². The fraction of sp³-hybridized carbons (Fsp3) is 0.438. The van der Waals surface area contributed by atoms with Crippen molar-refractivity contribution in [2.24, 2.45) is 5.41 Å². The van der Waals surface area contributed by atoms with Crippen LogP contribution in [0.2, 0.25) is 0 Å². The standard InChI is InChI=1S/C32H39FN2O4/c1-20-26(23-10-14-25(15-11-23)38-17-16-22-8-12-24(33)13-9-22)28(35-18-32(6,7)19-35)27(21(2)34-20)29(30(36)37)39-31(3,4)5/h8-15,29H,16-19H2,1-7H3,(H,36,37)/t29-/m0/s1. The predicted molar refractivity (Wildman–Crippen MR) is 152 cm³/mol. The number of rotatable bonds is 9. The van der Waals surface area contributed by atoms with Gasteiger partial charge >= 0.3 is 5.97 Å². The summed E-state index contributed by atoms with van der Waals surface area (Å²) >= 11 is 0. The number of aryl methyl sites for hydroxylation is 2. The van der Waals surface area contributed by atoms with E-state index in [-0.39, 0.29) is 11.2 Å². The lowest BCUT2D eigenvalue weighted by Crippen LogP contribution is -2.54. The van der Waals surface area contributed by atoms with Crippen LogP contribution in [-0.4, -0.2) is 41.4 Å². The van der Waals surface area contributed by atoms with Gasteiger partial charge in [0, 0.05) is 42.0 Å². The van der Waals surface area contributed by atoms with Crippen LogP contribution in [0.5, 0.6) is 5.75 Å². The van der Waals surface area contributed by atoms with Crippen LogP contribution in [0.25, 0.3) is 11.1 Å². The number of ether oxygens (including phenoxy) is 2. The fourth-order valence-corrected chi connectivity index (χ4v) is 5.22. The van der Waals surface area contributed by atoms with Crippen molar-refractivity contribution in [3.63, 3.8) is 0 Å². The summed E-state index contributed by atoms with van der Waals surface area (Å²) in [5, 5.41) is 10.3. The molecule has 0 bridgehead atoms. The molecule has 0 radical (unpaired) electrons. The first-order valence-corrected chi connectivity index (χ1v) is 13.4. The third-order valence-electron chi connectivity index (χ3n) is 6.81. The Labute approximate surface area is 230 Å². The van der Waals surface area contributed by atoms with E-state index in [1.54, 1.807) is 12.1 Å². The van der Waals surface area contributed by atoms with Gasteiger partial charge in [0.1, 0.15) is 11.6 Å². The highest BCUT2D eigenvalue weighted by atomic mass is 19.1. The summed E-state index contributed by atoms with van der Waals surface area (Å²) < 4.78 is 25.2. The zero-order valence-electron chi connectivity index (χ0n) is 24.0. The number of benzene rings is 2. The molecule has 39 heavy (non-hydrogen) atoms. The lowest BCUT2D eigenvalue weighted by molar-refractivity contribution is -0.160. The molecule has 6 nitrogen and oxygen atoms in total. The van der Waals surface area contributed by atoms with E-state index in [2.05, 4.69) is 18.7 Å². The van der Waals surface area contributed by atoms with Gasteiger partial charge in [0.2, 0.25) is 0 Å². The molecule has 208 valence electrons. The summed E-state index contributed by atoms with van der Waals surface area (Å²) in [5.74, 6) is -0.555. The van der Waals surface area contributed by atoms with Crippen molar-refractivity contribution in [2.75, 3.05) is 24.6 Å². The summed E-state index contributed by atoms with van der Waals surface area (Å²) in [6.07, 6.45) is -0.476. The number of aliphatic carboxylic acids is 1. The van der Waals surface area contributed by atoms with Gasteiger partial charge in [-0.15, -0.1) is 0 Å². The Morgan fingerprint density at radius 1 is 1.05 bits per heavy atom. The maximum atomic E-state index is 13.2. The Kier molecular flexibility index (Phi) is 8.03. The number of aromatic nitrogens is 1. The van der Waals surface area contributed by atoms with Gasteiger partial charge in [0.05, 0.1) is 17.9 Å². The lowest BCUT2D eigenvalue weighted by atomic mass is 9.82. The first kappa shape index (κ1) is 28.6. The number of halogens is 1. The second-order valence-electron chi connectivity index (χ2n) is 12.1. The molecule has 1 aliphatic rings. The normalized spacial score (nSPS) is 15.5. The Hall–Kier alpha value is -3.45. The predicted octanol–water partition coefficient (Wildman–Crippen LogP) is 6.91. The SMILES string of the molecule is Cc1nc(C)c([C@H](OC(C)(C)C)C(=O)O)c(N2CC(C)(C)C2)c1-c1ccc(OCCc2ccc(F)cc2)cc1. The second kappa shape index (κ2) is 11.0. The molecule has 0 aliphatic carbocycles. The number of pyridine rings is 1. The molecule has 2 heterocycles. The van der Waals surface area contributed by atoms with E-state index >= 15 is 0 Å². The lowest BCUT2D eigenvalue weighted by Gasteiger charge is -2.49. The molecule has 0 unspecified atom stereocenters. The van der Waals surface area contributed by atoms with Gasteiger partial charge in [-0.3, -0.25) is 4.98 Å². The van der Waals surface area contributed by atoms with Gasteiger partial charge < -0.3 is 19.5 Å². The third-order valence-corrected chi connectivity index (χ3v) is 6.81. The summed E-state index contributed by atoms with van der Waals surface area (Å²) in [4.78, 5) is 19.6. The first-order valence-electron chi connectivity index (χ1n) is 13.4. The average Bonchev–Trinajstić information content (AvgIpc) is 2.82. The van der Waals surface area contributed by atoms with Crippen molar-refractivity contribution in [3.8, 4) is 16.9 Å². The second-order valence-corrected chi connectivity index (χ2v) is 12.1. The molecule has 0 amide bonds. The van der Waals surface area contributed by atoms with E-state index in [9.17, 15) is 14.3 Å². The van der Waals surface area contributed by atoms with Crippen LogP contribution in [0.1, 0.15) is 63.2 Å². The zero-order valence-corrected chi connectivity index (χ0v) is 24.0. The van der Waals surface area contributed by atoms with Gasteiger partial charge in [-0.2, -0.15) is 0 Å². The van der Waals surface area contributed by atoms with Crippen molar-refractivity contribution in [1.29, 1.82) is 0 Å². The molecule has 2 aromatic carbocycles. The summed E-state index contributed by atoms with van der Waals surface area (Å²) in [6.45, 7) is 15.9. The summed E-state index contributed by atoms with van der Waals surface area (Å²) in [7, 11) is 0. The minimum Gasteiger partial charge on any atom is -0.493 e. The minimum absolute atomic E-state index is 0.130. The number of carboxylic acid groups (broad SMARTS) is 1. The molecule has 1 aromatic heterocycles. The van der Waals surface area contributed by atoms with Crippen LogP contribution >= 0.6 is 0 Å². The largest absolute Gasteiger partial charge is 0.493 e. The van der Waals surface area contributed by atoms with Crippen molar-refractivity contribution in [1.82, 2.24) is 4.98 Å². The molecule has 1 aliphatic heterocycles. The number of anilines is 1. The Balaban J connectivity index is 1.69. The Morgan fingerprint density at radius 2 is 1.67 bits per heavy atom. The average molecular weight is 535 g/mol. The van der Waals surface area contributed by atoms with Crippen LogP contribution in [0.15, 0.2) is 48.5 Å². The Morgan fingerprint density at radius 3 is 2.21 bits per heavy atom. The van der Waals surface area contributed by atoms with Crippen LogP contribution < -0.4 is 9.64 Å². The molecule has 3 aromatic rings. The van der Waals surface area contributed by atoms with Crippen molar-refractivity contribution < 1.29 is 23.8 Å². The van der Waals surface area contributed by atoms with Gasteiger partial charge in [0.15, 0.2) is 6.10 Å². The van der Waals surface area contributed by atoms with Crippen LogP contribution in [0.3, 0.4) is 0 Å². The minimum atomic E-state index is -1.15. The molecule has 0 saturated carbocycles. The number of nitrogens with zero attached hydrogens (tertiary/aromatic N) is 2. The molecular formula is C32H39FN2O4. The quantitative estimate of drug-likeness (QED) is 0.322. The third kappa shape index (κ3) is 6.77. The highest BCUT2D eigenvalue weighted by Crippen LogP contribution is 2.46. The maximum Gasteiger partial charge on any atom is 0.337 e. The number of carboxylic acids is 1. The molecule has 1 atom stereocenters. The summed E-state index contributed by atoms with van der Waals surface area (Å²) in [6, 6.07) is 14.3. The molecule has 7 heteroatoms. The monoisotopic (exact) mass is 534 g/mol. The molecule has 4 rings (SSSR count). The van der Waals surface area contributed by atoms with Gasteiger partial charge in [-0.05, 0) is 75.4 Å². The van der Waals surface area contributed by atoms with Crippen molar-refractivity contribution >= 4 is 11.7 Å². The van der Waals surface area contributed by atoms with E-state index in [4.69, 9.17) is 14.5 Å². The molecule has 1 saturated heterocycles. The van der Waals surface area contributed by atoms with Gasteiger partial charge in [-0.25, -0.2) is 9.18 Å². The molecule has 1 fully saturated rings. The van der Waals surface area contributed by atoms with Crippen LogP contribution in [0.4, 0.5) is 10.1 Å². The van der Waals surface area contributed by atoms with E-state index < -0.39 is 17.7 Å². The summed E-state index contributed by atoms with van der Waals surface area (Å²) in [5.41, 5.74) is 5.31. The number of carbonyl (C=O) groups is 1. The van der Waals surface area contributed by atoms with Crippen molar-refractivity contribution in [2.45, 2.75) is 66.6 Å². The number of hydrogen-bond donors (Lipinski definition) is 1. The highest BCUT2D eigenvalue weighted by Gasteiger charge is 2.41. The Bertz CT molecular complexity index is 1320. The van der Waals surface area contributed by atoms with E-state index in [1.807, 2.05) is 58.9 Å². The molecular weight excluding hydrogens is 495 g/mol. The van der Waals surface area contributed by atoms with Crippen molar-refractivity contribution in [3.05, 3.63) is 76.9 Å². The molecule has 1 N–H and O–H groups in total. The fourth-order valence-electron chi connectivity index (χ4n) is 5.22. The maximum absolute atomic E-state index is 13.2. The smallest absolute Gasteiger partial charge is 0.337 e. The van der Waals surface area contributed by atoms with E-state index in [0.29, 0.717) is 24.3 Å². The first-order chi connectivity index (χ1) is 18.2. The van der Waals surface area contributed by atoms with E-state index in [1.165, 1.54) is 12.1 Å². The van der Waals surface area contributed by atoms with Gasteiger partial charge in [0.25, 0.3) is 0 Å².